The van der Waals surface area contributed by atoms with Crippen molar-refractivity contribution in [3.05, 3.63) is 75.5 Å². The van der Waals surface area contributed by atoms with E-state index in [0.29, 0.717) is 22.3 Å². The summed E-state index contributed by atoms with van der Waals surface area (Å²) in [5.74, 6) is 0.335. The van der Waals surface area contributed by atoms with Gasteiger partial charge in [-0.3, -0.25) is 19.0 Å². The summed E-state index contributed by atoms with van der Waals surface area (Å²) in [7, 11) is 0. The number of hydrogen-bond acceptors (Lipinski definition) is 5. The number of rotatable bonds is 5. The molecule has 2 N–H and O–H groups in total. The SMILES string of the molecule is O=C(CSc1nnc2[nH]c(=O)cc(-c3ccccc3)n12)Nc1ccc(Br)cc1. The average Bonchev–Trinajstić information content (AvgIpc) is 3.11. The van der Waals surface area contributed by atoms with Crippen LogP contribution in [0.3, 0.4) is 0 Å². The lowest BCUT2D eigenvalue weighted by molar-refractivity contribution is -0.113. The van der Waals surface area contributed by atoms with Gasteiger partial charge in [-0.15, -0.1) is 10.2 Å². The zero-order valence-electron chi connectivity index (χ0n) is 14.4. The third-order valence-electron chi connectivity index (χ3n) is 3.91. The number of aromatic nitrogens is 4. The minimum absolute atomic E-state index is 0.157. The minimum Gasteiger partial charge on any atom is -0.325 e. The lowest BCUT2D eigenvalue weighted by Crippen LogP contribution is -2.14. The average molecular weight is 456 g/mol. The summed E-state index contributed by atoms with van der Waals surface area (Å²) < 4.78 is 2.69. The van der Waals surface area contributed by atoms with Gasteiger partial charge in [0.05, 0.1) is 11.4 Å². The molecule has 0 saturated carbocycles. The van der Waals surface area contributed by atoms with Crippen LogP contribution >= 0.6 is 27.7 Å². The van der Waals surface area contributed by atoms with E-state index in [-0.39, 0.29) is 17.2 Å². The summed E-state index contributed by atoms with van der Waals surface area (Å²) in [5, 5.41) is 11.5. The molecule has 9 heteroatoms. The summed E-state index contributed by atoms with van der Waals surface area (Å²) in [5.41, 5.74) is 1.98. The topological polar surface area (TPSA) is 92.2 Å². The largest absolute Gasteiger partial charge is 0.325 e. The van der Waals surface area contributed by atoms with Gasteiger partial charge in [0.15, 0.2) is 5.16 Å². The predicted octanol–water partition coefficient (Wildman–Crippen LogP) is 3.58. The van der Waals surface area contributed by atoms with E-state index in [1.165, 1.54) is 17.8 Å². The Morgan fingerprint density at radius 3 is 2.61 bits per heavy atom. The van der Waals surface area contributed by atoms with Gasteiger partial charge in [-0.25, -0.2) is 0 Å². The molecule has 0 aliphatic heterocycles. The highest BCUT2D eigenvalue weighted by molar-refractivity contribution is 9.10. The van der Waals surface area contributed by atoms with Crippen molar-refractivity contribution in [3.63, 3.8) is 0 Å². The Balaban J connectivity index is 1.58. The van der Waals surface area contributed by atoms with Crippen LogP contribution in [0.15, 0.2) is 75.1 Å². The standard InChI is InChI=1S/C19H14BrN5O2S/c20-13-6-8-14(9-7-13)21-17(27)11-28-19-24-23-18-22-16(26)10-15(25(18)19)12-4-2-1-3-5-12/h1-10H,11H2,(H,21,27)(H,22,23,26). The fraction of sp³-hybridized carbons (Fsp3) is 0.0526. The van der Waals surface area contributed by atoms with Gasteiger partial charge < -0.3 is 5.32 Å². The summed E-state index contributed by atoms with van der Waals surface area (Å²) in [6, 6.07) is 18.4. The van der Waals surface area contributed by atoms with Crippen LogP contribution in [-0.2, 0) is 4.79 Å². The second kappa shape index (κ2) is 7.99. The number of nitrogens with one attached hydrogen (secondary N) is 2. The van der Waals surface area contributed by atoms with Crippen molar-refractivity contribution in [1.29, 1.82) is 0 Å². The Morgan fingerprint density at radius 1 is 1.11 bits per heavy atom. The Kier molecular flexibility index (Phi) is 5.27. The molecule has 2 aromatic heterocycles. The number of anilines is 1. The Labute approximate surface area is 172 Å². The lowest BCUT2D eigenvalue weighted by atomic mass is 10.1. The van der Waals surface area contributed by atoms with E-state index in [1.54, 1.807) is 4.40 Å². The third-order valence-corrected chi connectivity index (χ3v) is 5.36. The van der Waals surface area contributed by atoms with E-state index >= 15 is 0 Å². The molecule has 140 valence electrons. The first-order chi connectivity index (χ1) is 13.6. The molecule has 7 nitrogen and oxygen atoms in total. The number of thioether (sulfide) groups is 1. The van der Waals surface area contributed by atoms with E-state index in [4.69, 9.17) is 0 Å². The molecule has 1 amide bonds. The molecule has 0 aliphatic rings. The summed E-state index contributed by atoms with van der Waals surface area (Å²) in [6.07, 6.45) is 0. The first-order valence-electron chi connectivity index (χ1n) is 8.32. The van der Waals surface area contributed by atoms with E-state index < -0.39 is 0 Å². The summed E-state index contributed by atoms with van der Waals surface area (Å²) in [6.45, 7) is 0. The van der Waals surface area contributed by atoms with Gasteiger partial charge in [-0.2, -0.15) is 0 Å². The fourth-order valence-corrected chi connectivity index (χ4v) is 3.69. The number of H-pyrrole nitrogens is 1. The van der Waals surface area contributed by atoms with Crippen LogP contribution in [0.1, 0.15) is 0 Å². The molecule has 4 rings (SSSR count). The number of benzene rings is 2. The molecule has 0 spiro atoms. The second-order valence-electron chi connectivity index (χ2n) is 5.87. The zero-order chi connectivity index (χ0) is 19.5. The first kappa shape index (κ1) is 18.5. The summed E-state index contributed by atoms with van der Waals surface area (Å²) >= 11 is 4.61. The number of carbonyl (C=O) groups excluding carboxylic acids is 1. The zero-order valence-corrected chi connectivity index (χ0v) is 16.8. The van der Waals surface area contributed by atoms with Crippen LogP contribution in [0.25, 0.3) is 17.0 Å². The van der Waals surface area contributed by atoms with E-state index in [9.17, 15) is 9.59 Å². The number of hydrogen-bond donors (Lipinski definition) is 2. The summed E-state index contributed by atoms with van der Waals surface area (Å²) in [4.78, 5) is 26.9. The number of amides is 1. The molecule has 0 bridgehead atoms. The molecular formula is C19H14BrN5O2S. The molecule has 28 heavy (non-hydrogen) atoms. The van der Waals surface area contributed by atoms with Crippen molar-refractivity contribution in [2.24, 2.45) is 0 Å². The van der Waals surface area contributed by atoms with Gasteiger partial charge in [0.2, 0.25) is 11.7 Å². The van der Waals surface area contributed by atoms with Crippen molar-refractivity contribution >= 4 is 45.1 Å². The molecule has 4 aromatic rings. The molecule has 0 saturated heterocycles. The van der Waals surface area contributed by atoms with Crippen molar-refractivity contribution in [2.75, 3.05) is 11.1 Å². The van der Waals surface area contributed by atoms with Crippen LogP contribution in [-0.4, -0.2) is 31.2 Å². The van der Waals surface area contributed by atoms with Gasteiger partial charge in [-0.1, -0.05) is 58.0 Å². The Bertz CT molecular complexity index is 1190. The molecule has 0 aliphatic carbocycles. The van der Waals surface area contributed by atoms with E-state index in [0.717, 1.165) is 10.0 Å². The predicted molar refractivity (Wildman–Crippen MR) is 113 cm³/mol. The minimum atomic E-state index is -0.261. The maximum absolute atomic E-state index is 12.3. The molecular weight excluding hydrogens is 442 g/mol. The monoisotopic (exact) mass is 455 g/mol. The van der Waals surface area contributed by atoms with E-state index in [1.807, 2.05) is 54.6 Å². The van der Waals surface area contributed by atoms with Crippen LogP contribution in [0.5, 0.6) is 0 Å². The molecule has 2 heterocycles. The highest BCUT2D eigenvalue weighted by Crippen LogP contribution is 2.24. The van der Waals surface area contributed by atoms with Crippen molar-refractivity contribution in [3.8, 4) is 11.3 Å². The van der Waals surface area contributed by atoms with Crippen molar-refractivity contribution < 1.29 is 4.79 Å². The van der Waals surface area contributed by atoms with Crippen LogP contribution in [0.2, 0.25) is 0 Å². The Hall–Kier alpha value is -2.91. The normalized spacial score (nSPS) is 10.9. The van der Waals surface area contributed by atoms with Crippen LogP contribution in [0, 0.1) is 0 Å². The maximum atomic E-state index is 12.3. The van der Waals surface area contributed by atoms with Crippen molar-refractivity contribution in [1.82, 2.24) is 19.6 Å². The van der Waals surface area contributed by atoms with Gasteiger partial charge >= 0.3 is 0 Å². The lowest BCUT2D eigenvalue weighted by Gasteiger charge is -2.08. The smallest absolute Gasteiger partial charge is 0.252 e. The van der Waals surface area contributed by atoms with Crippen LogP contribution < -0.4 is 10.9 Å². The maximum Gasteiger partial charge on any atom is 0.252 e. The third kappa shape index (κ3) is 4.00. The quantitative estimate of drug-likeness (QED) is 0.448. The molecule has 2 aromatic carbocycles. The number of halogens is 1. The highest BCUT2D eigenvalue weighted by Gasteiger charge is 2.14. The molecule has 0 atom stereocenters. The van der Waals surface area contributed by atoms with Gasteiger partial charge in [0, 0.05) is 16.2 Å². The van der Waals surface area contributed by atoms with E-state index in [2.05, 4.69) is 36.4 Å². The first-order valence-corrected chi connectivity index (χ1v) is 10.1. The Morgan fingerprint density at radius 2 is 1.86 bits per heavy atom. The highest BCUT2D eigenvalue weighted by atomic mass is 79.9. The number of fused-ring (bicyclic) bond motifs is 1. The number of nitrogens with zero attached hydrogens (tertiary/aromatic N) is 3. The molecule has 0 radical (unpaired) electrons. The van der Waals surface area contributed by atoms with Crippen molar-refractivity contribution in [2.45, 2.75) is 5.16 Å². The molecule has 0 fully saturated rings. The number of aromatic amines is 1. The molecule has 0 unspecified atom stereocenters. The van der Waals surface area contributed by atoms with Gasteiger partial charge in [0.1, 0.15) is 0 Å². The fourth-order valence-electron chi connectivity index (χ4n) is 2.68. The van der Waals surface area contributed by atoms with Gasteiger partial charge in [0.25, 0.3) is 5.56 Å². The second-order valence-corrected chi connectivity index (χ2v) is 7.73. The van der Waals surface area contributed by atoms with Gasteiger partial charge in [-0.05, 0) is 29.8 Å². The number of carbonyl (C=O) groups is 1. The van der Waals surface area contributed by atoms with Crippen LogP contribution in [0.4, 0.5) is 5.69 Å².